The lowest BCUT2D eigenvalue weighted by molar-refractivity contribution is 0.0594. The Morgan fingerprint density at radius 1 is 1.24 bits per heavy atom. The zero-order chi connectivity index (χ0) is 24.2. The van der Waals surface area contributed by atoms with Crippen molar-refractivity contribution in [3.8, 4) is 11.8 Å². The minimum absolute atomic E-state index is 0.0562. The van der Waals surface area contributed by atoms with Crippen LogP contribution in [0, 0.1) is 11.3 Å². The fraction of sp³-hybridized carbons (Fsp3) is 0.458. The van der Waals surface area contributed by atoms with Crippen LogP contribution in [0.15, 0.2) is 29.1 Å². The minimum Gasteiger partial charge on any atom is -0.490 e. The molecule has 3 N–H and O–H groups in total. The van der Waals surface area contributed by atoms with Crippen molar-refractivity contribution in [3.63, 3.8) is 0 Å². The smallest absolute Gasteiger partial charge is 0.266 e. The fourth-order valence-corrected chi connectivity index (χ4v) is 4.42. The van der Waals surface area contributed by atoms with Crippen LogP contribution in [0.2, 0.25) is 10.0 Å². The molecule has 1 aliphatic carbocycles. The highest BCUT2D eigenvalue weighted by Crippen LogP contribution is 2.40. The molecule has 10 heteroatoms. The highest BCUT2D eigenvalue weighted by Gasteiger charge is 2.30. The molecule has 0 radical (unpaired) electrons. The number of carbonyl (C=O) groups excluding carboxylic acids is 1. The molecule has 0 spiro atoms. The minimum atomic E-state index is -0.751. The lowest BCUT2D eigenvalue weighted by Crippen LogP contribution is -2.45. The summed E-state index contributed by atoms with van der Waals surface area (Å²) >= 11 is 12.0. The normalized spacial score (nSPS) is 17.7. The molecule has 2 aliphatic rings. The van der Waals surface area contributed by atoms with Gasteiger partial charge in [0.05, 0.1) is 21.7 Å². The van der Waals surface area contributed by atoms with Gasteiger partial charge < -0.3 is 25.0 Å². The largest absolute Gasteiger partial charge is 0.490 e. The van der Waals surface area contributed by atoms with Gasteiger partial charge in [-0.2, -0.15) is 5.26 Å². The predicted molar refractivity (Wildman–Crippen MR) is 129 cm³/mol. The van der Waals surface area contributed by atoms with E-state index < -0.39 is 17.6 Å². The van der Waals surface area contributed by atoms with Crippen molar-refractivity contribution in [2.75, 3.05) is 26.2 Å². The van der Waals surface area contributed by atoms with E-state index in [1.165, 1.54) is 6.07 Å². The highest BCUT2D eigenvalue weighted by atomic mass is 35.5. The number of H-pyrrole nitrogens is 1. The first-order chi connectivity index (χ1) is 16.3. The number of amides is 1. The quantitative estimate of drug-likeness (QED) is 0.508. The van der Waals surface area contributed by atoms with Gasteiger partial charge in [-0.1, -0.05) is 23.2 Å². The number of nitrogens with one attached hydrogen (secondary N) is 2. The van der Waals surface area contributed by atoms with Crippen molar-refractivity contribution in [1.29, 1.82) is 5.26 Å². The second-order valence-electron chi connectivity index (χ2n) is 8.78. The van der Waals surface area contributed by atoms with Gasteiger partial charge in [0.2, 0.25) is 0 Å². The number of pyridine rings is 1. The Hall–Kier alpha value is -2.57. The van der Waals surface area contributed by atoms with Crippen LogP contribution < -0.4 is 15.6 Å². The van der Waals surface area contributed by atoms with Gasteiger partial charge in [0.25, 0.3) is 11.5 Å². The number of aromatic amines is 1. The van der Waals surface area contributed by atoms with E-state index in [0.717, 1.165) is 38.8 Å². The molecule has 2 aromatic rings. The van der Waals surface area contributed by atoms with Crippen LogP contribution in [0.5, 0.6) is 5.75 Å². The number of aliphatic hydroxyl groups is 1. The number of rotatable bonds is 8. The molecule has 180 valence electrons. The molecule has 1 saturated heterocycles. The van der Waals surface area contributed by atoms with Crippen LogP contribution in [0.3, 0.4) is 0 Å². The number of nitrogens with zero attached hydrogens (tertiary/aromatic N) is 2. The predicted octanol–water partition coefficient (Wildman–Crippen LogP) is 3.06. The molecule has 2 heterocycles. The Labute approximate surface area is 207 Å². The summed E-state index contributed by atoms with van der Waals surface area (Å²) in [5.41, 5.74) is 0.291. The van der Waals surface area contributed by atoms with Gasteiger partial charge in [0, 0.05) is 37.9 Å². The molecule has 1 amide bonds. The Kier molecular flexibility index (Phi) is 7.79. The van der Waals surface area contributed by atoms with E-state index in [2.05, 4.69) is 15.2 Å². The molecular formula is C24H26Cl2N4O4. The number of aliphatic hydroxyl groups excluding tert-OH is 1. The van der Waals surface area contributed by atoms with Gasteiger partial charge in [-0.3, -0.25) is 9.59 Å². The molecule has 1 saturated carbocycles. The molecule has 2 fully saturated rings. The monoisotopic (exact) mass is 504 g/mol. The van der Waals surface area contributed by atoms with Crippen LogP contribution in [0.1, 0.15) is 53.2 Å². The zero-order valence-electron chi connectivity index (χ0n) is 18.5. The molecule has 0 bridgehead atoms. The van der Waals surface area contributed by atoms with Gasteiger partial charge in [-0.15, -0.1) is 0 Å². The molecule has 8 nitrogen and oxygen atoms in total. The van der Waals surface area contributed by atoms with E-state index in [1.807, 2.05) is 6.07 Å². The number of likely N-dealkylation sites (tertiary alicyclic amines) is 1. The Bertz CT molecular complexity index is 1150. The van der Waals surface area contributed by atoms with Gasteiger partial charge in [-0.25, -0.2) is 0 Å². The second-order valence-corrected chi connectivity index (χ2v) is 9.60. The maximum atomic E-state index is 12.7. The van der Waals surface area contributed by atoms with Crippen molar-refractivity contribution in [2.45, 2.75) is 43.8 Å². The number of β-amino-alcohol motifs (C(OH)–C–C–N with tert-alkyl or cyclic N) is 1. The zero-order valence-corrected chi connectivity index (χ0v) is 20.0. The van der Waals surface area contributed by atoms with E-state index in [-0.39, 0.29) is 24.1 Å². The number of nitriles is 1. The summed E-state index contributed by atoms with van der Waals surface area (Å²) in [6.07, 6.45) is 2.71. The molecule has 4 rings (SSSR count). The summed E-state index contributed by atoms with van der Waals surface area (Å²) in [6, 6.07) is 8.37. The van der Waals surface area contributed by atoms with Crippen LogP contribution in [-0.2, 0) is 0 Å². The number of halogens is 2. The van der Waals surface area contributed by atoms with Crippen LogP contribution in [0.4, 0.5) is 0 Å². The number of hydrogen-bond acceptors (Lipinski definition) is 6. The van der Waals surface area contributed by atoms with Crippen LogP contribution >= 0.6 is 23.2 Å². The van der Waals surface area contributed by atoms with Crippen molar-refractivity contribution < 1.29 is 14.6 Å². The van der Waals surface area contributed by atoms with Crippen molar-refractivity contribution in [2.24, 2.45) is 0 Å². The summed E-state index contributed by atoms with van der Waals surface area (Å²) in [5, 5.41) is 23.3. The number of piperidine rings is 1. The average Bonchev–Trinajstić information content (AvgIpc) is 3.66. The van der Waals surface area contributed by atoms with Crippen LogP contribution in [-0.4, -0.2) is 59.3 Å². The highest BCUT2D eigenvalue weighted by molar-refractivity contribution is 6.42. The van der Waals surface area contributed by atoms with Gasteiger partial charge in [-0.05, 0) is 49.8 Å². The summed E-state index contributed by atoms with van der Waals surface area (Å²) in [5.74, 6) is 0.420. The number of hydrogen-bond donors (Lipinski definition) is 3. The summed E-state index contributed by atoms with van der Waals surface area (Å²) in [7, 11) is 0. The number of aromatic nitrogens is 1. The maximum Gasteiger partial charge on any atom is 0.266 e. The standard InChI is InChI=1S/C24H26Cl2N4O4/c25-20-4-3-18(10-21(20)26)34-17-5-7-30(8-6-17)13-16(31)12-28-24(33)19-9-15(11-27)23(32)29-22(19)14-1-2-14/h3-4,9-10,14,16-17,31H,1-2,5-8,12-13H2,(H,28,33)(H,29,32)/t16-/m1/s1. The lowest BCUT2D eigenvalue weighted by atomic mass is 10.1. The molecule has 0 unspecified atom stereocenters. The molecule has 34 heavy (non-hydrogen) atoms. The fourth-order valence-electron chi connectivity index (χ4n) is 4.13. The third kappa shape index (κ3) is 6.10. The van der Waals surface area contributed by atoms with Gasteiger partial charge in [0.15, 0.2) is 0 Å². The van der Waals surface area contributed by atoms with Crippen LogP contribution in [0.25, 0.3) is 0 Å². The first-order valence-corrected chi connectivity index (χ1v) is 12.1. The van der Waals surface area contributed by atoms with Gasteiger partial charge >= 0.3 is 0 Å². The topological polar surface area (TPSA) is 118 Å². The summed E-state index contributed by atoms with van der Waals surface area (Å²) < 4.78 is 6.00. The summed E-state index contributed by atoms with van der Waals surface area (Å²) in [6.45, 7) is 2.01. The Morgan fingerprint density at radius 2 is 1.97 bits per heavy atom. The van der Waals surface area contributed by atoms with Crippen molar-refractivity contribution >= 4 is 29.1 Å². The second kappa shape index (κ2) is 10.8. The van der Waals surface area contributed by atoms with E-state index in [0.29, 0.717) is 33.6 Å². The molecule has 1 aromatic heterocycles. The Morgan fingerprint density at radius 3 is 2.62 bits per heavy atom. The molecule has 1 aliphatic heterocycles. The number of ether oxygens (including phenoxy) is 1. The molecular weight excluding hydrogens is 479 g/mol. The maximum absolute atomic E-state index is 12.7. The first kappa shape index (κ1) is 24.6. The number of carbonyl (C=O) groups is 1. The first-order valence-electron chi connectivity index (χ1n) is 11.3. The summed E-state index contributed by atoms with van der Waals surface area (Å²) in [4.78, 5) is 29.5. The third-order valence-corrected chi connectivity index (χ3v) is 6.86. The van der Waals surface area contributed by atoms with E-state index in [9.17, 15) is 14.7 Å². The number of benzene rings is 1. The average molecular weight is 505 g/mol. The van der Waals surface area contributed by atoms with E-state index in [1.54, 1.807) is 18.2 Å². The molecule has 1 aromatic carbocycles. The SMILES string of the molecule is N#Cc1cc(C(=O)NC[C@@H](O)CN2CCC(Oc3ccc(Cl)c(Cl)c3)CC2)c(C2CC2)[nH]c1=O. The van der Waals surface area contributed by atoms with E-state index >= 15 is 0 Å². The Balaban J connectivity index is 1.24. The van der Waals surface area contributed by atoms with Gasteiger partial charge in [0.1, 0.15) is 23.5 Å². The third-order valence-electron chi connectivity index (χ3n) is 6.12. The van der Waals surface area contributed by atoms with E-state index in [4.69, 9.17) is 33.2 Å². The molecule has 1 atom stereocenters. The lowest BCUT2D eigenvalue weighted by Gasteiger charge is -2.33. The van der Waals surface area contributed by atoms with Crippen molar-refractivity contribution in [3.05, 3.63) is 61.5 Å². The van der Waals surface area contributed by atoms with Crippen molar-refractivity contribution in [1.82, 2.24) is 15.2 Å².